The van der Waals surface area contributed by atoms with Gasteiger partial charge in [-0.1, -0.05) is 43.3 Å². The van der Waals surface area contributed by atoms with Gasteiger partial charge in [0.1, 0.15) is 5.82 Å². The van der Waals surface area contributed by atoms with E-state index < -0.39 is 0 Å². The van der Waals surface area contributed by atoms with E-state index in [1.54, 1.807) is 0 Å². The van der Waals surface area contributed by atoms with Crippen molar-refractivity contribution in [3.05, 3.63) is 107 Å². The molecular formula is C31H27N5. The molecule has 8 bridgehead atoms. The number of aromatic nitrogens is 4. The van der Waals surface area contributed by atoms with E-state index in [9.17, 15) is 0 Å². The van der Waals surface area contributed by atoms with Crippen molar-refractivity contribution in [2.75, 3.05) is 7.05 Å². The lowest BCUT2D eigenvalue weighted by atomic mass is 9.82. The van der Waals surface area contributed by atoms with E-state index in [0.717, 1.165) is 53.2 Å². The van der Waals surface area contributed by atoms with E-state index in [2.05, 4.69) is 94.5 Å². The number of benzene rings is 2. The first-order valence-electron chi connectivity index (χ1n) is 12.5. The minimum atomic E-state index is 0.464. The summed E-state index contributed by atoms with van der Waals surface area (Å²) in [5, 5.41) is 0. The van der Waals surface area contributed by atoms with Crippen LogP contribution in [-0.4, -0.2) is 31.9 Å². The van der Waals surface area contributed by atoms with Crippen molar-refractivity contribution in [1.29, 1.82) is 0 Å². The quantitative estimate of drug-likeness (QED) is 0.279. The smallest absolute Gasteiger partial charge is 0.178 e. The predicted molar refractivity (Wildman–Crippen MR) is 144 cm³/mol. The molecule has 176 valence electrons. The average molecular weight is 470 g/mol. The predicted octanol–water partition coefficient (Wildman–Crippen LogP) is 6.57. The zero-order valence-corrected chi connectivity index (χ0v) is 20.5. The molecule has 5 heteroatoms. The number of H-pyrrole nitrogens is 1. The Morgan fingerprint density at radius 1 is 0.889 bits per heavy atom. The van der Waals surface area contributed by atoms with Crippen LogP contribution in [0.15, 0.2) is 79.3 Å². The lowest BCUT2D eigenvalue weighted by molar-refractivity contribution is 0.319. The molecule has 0 unspecified atom stereocenters. The molecule has 0 radical (unpaired) electrons. The Kier molecular flexibility index (Phi) is 4.86. The molecule has 2 aromatic carbocycles. The van der Waals surface area contributed by atoms with E-state index in [4.69, 9.17) is 4.98 Å². The van der Waals surface area contributed by atoms with E-state index >= 15 is 0 Å². The molecule has 4 heterocycles. The number of nitrogens with one attached hydrogen (secondary N) is 1. The Bertz CT molecular complexity index is 1660. The lowest BCUT2D eigenvalue weighted by Crippen LogP contribution is -2.17. The second kappa shape index (κ2) is 8.25. The Morgan fingerprint density at radius 3 is 2.72 bits per heavy atom. The summed E-state index contributed by atoms with van der Waals surface area (Å²) < 4.78 is 0. The summed E-state index contributed by atoms with van der Waals surface area (Å²) in [5.74, 6) is 1.34. The zero-order valence-electron chi connectivity index (χ0n) is 20.5. The molecule has 0 fully saturated rings. The van der Waals surface area contributed by atoms with Gasteiger partial charge in [0.05, 0.1) is 5.52 Å². The highest BCUT2D eigenvalue weighted by Crippen LogP contribution is 2.40. The van der Waals surface area contributed by atoms with Gasteiger partial charge in [-0.15, -0.1) is 0 Å². The van der Waals surface area contributed by atoms with Crippen LogP contribution in [0.2, 0.25) is 0 Å². The molecule has 1 aliphatic carbocycles. The lowest BCUT2D eigenvalue weighted by Gasteiger charge is -2.23. The number of hydrogen-bond acceptors (Lipinski definition) is 4. The molecule has 1 atom stereocenters. The van der Waals surface area contributed by atoms with Gasteiger partial charge < -0.3 is 4.98 Å². The third-order valence-corrected chi connectivity index (χ3v) is 7.47. The number of pyridine rings is 2. The summed E-state index contributed by atoms with van der Waals surface area (Å²) >= 11 is 0. The van der Waals surface area contributed by atoms with Gasteiger partial charge in [0, 0.05) is 48.4 Å². The van der Waals surface area contributed by atoms with Crippen molar-refractivity contribution in [2.45, 2.75) is 32.4 Å². The van der Waals surface area contributed by atoms with Crippen LogP contribution < -0.4 is 0 Å². The fourth-order valence-corrected chi connectivity index (χ4v) is 5.68. The number of nitrogens with zero attached hydrogens (tertiary/aromatic N) is 4. The molecule has 7 rings (SSSR count). The first-order chi connectivity index (χ1) is 17.6. The average Bonchev–Trinajstić information content (AvgIpc) is 3.33. The molecule has 2 aliphatic rings. The van der Waals surface area contributed by atoms with Gasteiger partial charge in [0.2, 0.25) is 0 Å². The first-order valence-corrected chi connectivity index (χ1v) is 12.5. The molecule has 5 nitrogen and oxygen atoms in total. The molecule has 0 saturated carbocycles. The number of allylic oxidation sites excluding steroid dienone is 1. The molecule has 1 N–H and O–H groups in total. The summed E-state index contributed by atoms with van der Waals surface area (Å²) in [4.78, 5) is 20.2. The number of aromatic amines is 1. The van der Waals surface area contributed by atoms with Crippen LogP contribution in [0.5, 0.6) is 0 Å². The highest BCUT2D eigenvalue weighted by Gasteiger charge is 2.23. The second-order valence-corrected chi connectivity index (χ2v) is 10.2. The fraction of sp³-hybridized carbons (Fsp3) is 0.194. The zero-order chi connectivity index (χ0) is 24.2. The van der Waals surface area contributed by atoms with Crippen LogP contribution in [0, 0.1) is 0 Å². The highest BCUT2D eigenvalue weighted by atomic mass is 15.1. The van der Waals surface area contributed by atoms with Crippen molar-refractivity contribution < 1.29 is 0 Å². The van der Waals surface area contributed by atoms with E-state index in [0.29, 0.717) is 5.92 Å². The summed E-state index contributed by atoms with van der Waals surface area (Å²) in [6, 6.07) is 20.0. The SMILES string of the molecule is C[C@@H]1CC=C2c3nc4nccc(c4[nH]3)-c3cccc(c3)CN(C)Cc3cncc(c3)-c3ccc1c2c3. The van der Waals surface area contributed by atoms with Crippen LogP contribution in [0.3, 0.4) is 0 Å². The molecule has 0 saturated heterocycles. The Morgan fingerprint density at radius 2 is 1.78 bits per heavy atom. The van der Waals surface area contributed by atoms with Crippen molar-refractivity contribution >= 4 is 16.7 Å². The van der Waals surface area contributed by atoms with Crippen molar-refractivity contribution in [1.82, 2.24) is 24.8 Å². The van der Waals surface area contributed by atoms with Crippen LogP contribution in [-0.2, 0) is 13.1 Å². The third kappa shape index (κ3) is 3.55. The van der Waals surface area contributed by atoms with Gasteiger partial charge >= 0.3 is 0 Å². The van der Waals surface area contributed by atoms with Gasteiger partial charge in [0.15, 0.2) is 5.65 Å². The van der Waals surface area contributed by atoms with Crippen LogP contribution in [0.4, 0.5) is 0 Å². The molecule has 1 aliphatic heterocycles. The monoisotopic (exact) mass is 469 g/mol. The summed E-state index contributed by atoms with van der Waals surface area (Å²) in [6.45, 7) is 3.98. The number of rotatable bonds is 0. The van der Waals surface area contributed by atoms with Gasteiger partial charge in [-0.05, 0) is 77.0 Å². The van der Waals surface area contributed by atoms with Crippen LogP contribution in [0.25, 0.3) is 39.0 Å². The maximum Gasteiger partial charge on any atom is 0.178 e. The maximum absolute atomic E-state index is 4.97. The van der Waals surface area contributed by atoms with E-state index in [1.807, 2.05) is 18.6 Å². The molecular weight excluding hydrogens is 442 g/mol. The van der Waals surface area contributed by atoms with Crippen LogP contribution >= 0.6 is 0 Å². The Labute approximate surface area is 210 Å². The van der Waals surface area contributed by atoms with E-state index in [-0.39, 0.29) is 0 Å². The van der Waals surface area contributed by atoms with Crippen LogP contribution in [0.1, 0.15) is 47.3 Å². The van der Waals surface area contributed by atoms with Crippen molar-refractivity contribution in [2.24, 2.45) is 0 Å². The normalized spacial score (nSPS) is 17.2. The van der Waals surface area contributed by atoms with Gasteiger partial charge in [-0.2, -0.15) is 0 Å². The van der Waals surface area contributed by atoms with E-state index in [1.165, 1.54) is 33.4 Å². The number of imidazole rings is 1. The third-order valence-electron chi connectivity index (χ3n) is 7.47. The largest absolute Gasteiger partial charge is 0.336 e. The molecule has 5 aromatic rings. The minimum absolute atomic E-state index is 0.464. The maximum atomic E-state index is 4.97. The first kappa shape index (κ1) is 21.2. The van der Waals surface area contributed by atoms with Crippen molar-refractivity contribution in [3.63, 3.8) is 0 Å². The Hall–Kier alpha value is -4.09. The van der Waals surface area contributed by atoms with Gasteiger partial charge in [-0.3, -0.25) is 9.88 Å². The standard InChI is InChI=1S/C31H27N5/c1-19-6-8-27-28-14-22(7-9-25(19)28)24-13-21(15-32-16-24)18-36(2)17-20-4-3-5-23(12-20)26-10-11-33-31-29(26)34-30(27)35-31/h3-5,7-16,19H,6,17-18H2,1-2H3,(H,33,34,35)/t19-/m1/s1. The summed E-state index contributed by atoms with van der Waals surface area (Å²) in [6.07, 6.45) is 9.13. The van der Waals surface area contributed by atoms with Crippen molar-refractivity contribution in [3.8, 4) is 22.3 Å². The molecule has 0 spiro atoms. The number of hydrogen-bond donors (Lipinski definition) is 1. The second-order valence-electron chi connectivity index (χ2n) is 10.2. The molecule has 36 heavy (non-hydrogen) atoms. The highest BCUT2D eigenvalue weighted by molar-refractivity contribution is 5.93. The van der Waals surface area contributed by atoms with Gasteiger partial charge in [0.25, 0.3) is 0 Å². The summed E-state index contributed by atoms with van der Waals surface area (Å²) in [5.41, 5.74) is 12.6. The summed E-state index contributed by atoms with van der Waals surface area (Å²) in [7, 11) is 2.16. The fourth-order valence-electron chi connectivity index (χ4n) is 5.68. The topological polar surface area (TPSA) is 57.7 Å². The minimum Gasteiger partial charge on any atom is -0.336 e. The Balaban J connectivity index is 1.49. The molecule has 0 amide bonds. The molecule has 3 aromatic heterocycles. The number of fused-ring (bicyclic) bond motifs is 9. The van der Waals surface area contributed by atoms with Gasteiger partial charge in [-0.25, -0.2) is 9.97 Å².